The van der Waals surface area contributed by atoms with E-state index in [1.165, 1.54) is 6.21 Å². The molecule has 0 bridgehead atoms. The second-order valence-corrected chi connectivity index (χ2v) is 6.42. The molecule has 0 fully saturated rings. The number of nitrogens with one attached hydrogen (secondary N) is 2. The number of rotatable bonds is 8. The van der Waals surface area contributed by atoms with Crippen LogP contribution in [0.15, 0.2) is 84.0 Å². The lowest BCUT2D eigenvalue weighted by Crippen LogP contribution is -2.32. The van der Waals surface area contributed by atoms with Crippen LogP contribution in [0.1, 0.15) is 18.1 Å². The number of nitrogens with zero attached hydrogens (tertiary/aromatic N) is 1. The van der Waals surface area contributed by atoms with E-state index < -0.39 is 11.8 Å². The summed E-state index contributed by atoms with van der Waals surface area (Å²) < 4.78 is 11.2. The van der Waals surface area contributed by atoms with E-state index in [4.69, 9.17) is 9.47 Å². The van der Waals surface area contributed by atoms with Crippen molar-refractivity contribution in [3.63, 3.8) is 0 Å². The number of amides is 2. The van der Waals surface area contributed by atoms with Gasteiger partial charge in [0, 0.05) is 11.3 Å². The molecule has 3 aromatic carbocycles. The zero-order chi connectivity index (χ0) is 21.9. The van der Waals surface area contributed by atoms with Crippen molar-refractivity contribution < 1.29 is 19.1 Å². The van der Waals surface area contributed by atoms with Crippen molar-refractivity contribution in [2.24, 2.45) is 5.10 Å². The van der Waals surface area contributed by atoms with Crippen molar-refractivity contribution in [3.05, 3.63) is 90.0 Å². The van der Waals surface area contributed by atoms with Gasteiger partial charge in [-0.15, -0.1) is 0 Å². The highest BCUT2D eigenvalue weighted by molar-refractivity contribution is 6.39. The Balaban J connectivity index is 1.48. The van der Waals surface area contributed by atoms with Crippen LogP contribution in [-0.2, 0) is 16.2 Å². The summed E-state index contributed by atoms with van der Waals surface area (Å²) in [5, 5.41) is 6.35. The van der Waals surface area contributed by atoms with E-state index in [2.05, 4.69) is 15.8 Å². The van der Waals surface area contributed by atoms with Crippen LogP contribution in [0.4, 0.5) is 5.69 Å². The molecule has 0 aromatic heterocycles. The molecule has 3 aromatic rings. The highest BCUT2D eigenvalue weighted by Crippen LogP contribution is 2.17. The Hall–Kier alpha value is -4.13. The normalized spacial score (nSPS) is 10.5. The molecule has 2 N–H and O–H groups in total. The molecule has 0 heterocycles. The molecule has 0 aliphatic rings. The second-order valence-electron chi connectivity index (χ2n) is 6.42. The first kappa shape index (κ1) is 21.6. The average Bonchev–Trinajstić information content (AvgIpc) is 2.80. The number of anilines is 1. The number of hydrazone groups is 1. The summed E-state index contributed by atoms with van der Waals surface area (Å²) in [6, 6.07) is 23.8. The number of benzene rings is 3. The minimum Gasteiger partial charge on any atom is -0.493 e. The first-order valence-corrected chi connectivity index (χ1v) is 9.78. The van der Waals surface area contributed by atoms with Crippen molar-refractivity contribution in [2.45, 2.75) is 13.5 Å². The largest absolute Gasteiger partial charge is 0.493 e. The Morgan fingerprint density at radius 3 is 2.32 bits per heavy atom. The highest BCUT2D eigenvalue weighted by Gasteiger charge is 2.13. The maximum absolute atomic E-state index is 12.1. The van der Waals surface area contributed by atoms with E-state index in [-0.39, 0.29) is 0 Å². The van der Waals surface area contributed by atoms with Gasteiger partial charge in [-0.2, -0.15) is 5.10 Å². The smallest absolute Gasteiger partial charge is 0.329 e. The zero-order valence-electron chi connectivity index (χ0n) is 17.1. The van der Waals surface area contributed by atoms with Crippen LogP contribution in [0.25, 0.3) is 0 Å². The Morgan fingerprint density at radius 2 is 1.58 bits per heavy atom. The van der Waals surface area contributed by atoms with Crippen molar-refractivity contribution in [1.29, 1.82) is 0 Å². The van der Waals surface area contributed by atoms with Gasteiger partial charge in [-0.1, -0.05) is 42.5 Å². The monoisotopic (exact) mass is 417 g/mol. The molecular formula is C24H23N3O4. The third kappa shape index (κ3) is 6.71. The summed E-state index contributed by atoms with van der Waals surface area (Å²) in [5.74, 6) is -0.409. The van der Waals surface area contributed by atoms with Gasteiger partial charge in [-0.3, -0.25) is 9.59 Å². The molecule has 0 aliphatic heterocycles. The molecule has 31 heavy (non-hydrogen) atoms. The Kier molecular flexibility index (Phi) is 7.77. The van der Waals surface area contributed by atoms with Gasteiger partial charge in [0.15, 0.2) is 0 Å². The summed E-state index contributed by atoms with van der Waals surface area (Å²) in [6.45, 7) is 2.83. The summed E-state index contributed by atoms with van der Waals surface area (Å²) >= 11 is 0. The minimum atomic E-state index is -0.880. The van der Waals surface area contributed by atoms with Crippen molar-refractivity contribution in [1.82, 2.24) is 5.43 Å². The number of para-hydroxylation sites is 1. The van der Waals surface area contributed by atoms with Crippen LogP contribution in [0.3, 0.4) is 0 Å². The second kappa shape index (κ2) is 11.2. The van der Waals surface area contributed by atoms with Crippen molar-refractivity contribution in [2.75, 3.05) is 11.9 Å². The quantitative estimate of drug-likeness (QED) is 0.332. The molecule has 158 valence electrons. The van der Waals surface area contributed by atoms with Gasteiger partial charge in [0.1, 0.15) is 18.1 Å². The summed E-state index contributed by atoms with van der Waals surface area (Å²) in [4.78, 5) is 24.0. The van der Waals surface area contributed by atoms with Crippen LogP contribution in [0, 0.1) is 0 Å². The molecule has 0 spiro atoms. The first-order valence-electron chi connectivity index (χ1n) is 9.78. The topological polar surface area (TPSA) is 89.0 Å². The van der Waals surface area contributed by atoms with E-state index in [1.807, 2.05) is 49.4 Å². The van der Waals surface area contributed by atoms with E-state index >= 15 is 0 Å². The van der Waals surface area contributed by atoms with Gasteiger partial charge >= 0.3 is 11.8 Å². The molecule has 7 nitrogen and oxygen atoms in total. The molecule has 0 radical (unpaired) electrons. The third-order valence-electron chi connectivity index (χ3n) is 4.16. The predicted octanol–water partition coefficient (Wildman–Crippen LogP) is 3.75. The molecule has 7 heteroatoms. The van der Waals surface area contributed by atoms with E-state index in [1.54, 1.807) is 36.4 Å². The Morgan fingerprint density at radius 1 is 0.871 bits per heavy atom. The van der Waals surface area contributed by atoms with Gasteiger partial charge in [-0.25, -0.2) is 5.43 Å². The van der Waals surface area contributed by atoms with Crippen LogP contribution >= 0.6 is 0 Å². The highest BCUT2D eigenvalue weighted by atomic mass is 16.5. The molecular weight excluding hydrogens is 394 g/mol. The van der Waals surface area contributed by atoms with Crippen LogP contribution in [0.2, 0.25) is 0 Å². The Labute approximate surface area is 180 Å². The van der Waals surface area contributed by atoms with Gasteiger partial charge in [0.2, 0.25) is 0 Å². The van der Waals surface area contributed by atoms with Crippen LogP contribution in [0.5, 0.6) is 11.5 Å². The van der Waals surface area contributed by atoms with Crippen molar-refractivity contribution >= 4 is 23.7 Å². The molecule has 0 atom stereocenters. The van der Waals surface area contributed by atoms with Gasteiger partial charge in [-0.05, 0) is 48.9 Å². The van der Waals surface area contributed by atoms with E-state index in [0.29, 0.717) is 36.0 Å². The zero-order valence-corrected chi connectivity index (χ0v) is 17.1. The Bertz CT molecular complexity index is 1030. The maximum Gasteiger partial charge on any atom is 0.329 e. The lowest BCUT2D eigenvalue weighted by molar-refractivity contribution is -0.136. The lowest BCUT2D eigenvalue weighted by atomic mass is 10.2. The summed E-state index contributed by atoms with van der Waals surface area (Å²) in [5.41, 5.74) is 4.43. The lowest BCUT2D eigenvalue weighted by Gasteiger charge is -2.08. The minimum absolute atomic E-state index is 0.444. The fourth-order valence-electron chi connectivity index (χ4n) is 2.65. The fraction of sp³-hybridized carbons (Fsp3) is 0.125. The predicted molar refractivity (Wildman–Crippen MR) is 119 cm³/mol. The number of hydrogen-bond acceptors (Lipinski definition) is 5. The number of carbonyl (C=O) groups is 2. The molecule has 0 unspecified atom stereocenters. The van der Waals surface area contributed by atoms with Gasteiger partial charge < -0.3 is 14.8 Å². The molecule has 2 amide bonds. The van der Waals surface area contributed by atoms with Crippen LogP contribution in [-0.4, -0.2) is 24.6 Å². The van der Waals surface area contributed by atoms with Crippen LogP contribution < -0.4 is 20.2 Å². The number of ether oxygens (including phenoxy) is 2. The first-order chi connectivity index (χ1) is 15.2. The fourth-order valence-corrected chi connectivity index (χ4v) is 2.65. The summed E-state index contributed by atoms with van der Waals surface area (Å²) in [6.07, 6.45) is 1.43. The third-order valence-corrected chi connectivity index (χ3v) is 4.16. The van der Waals surface area contributed by atoms with Gasteiger partial charge in [0.05, 0.1) is 12.8 Å². The molecule has 0 saturated heterocycles. The maximum atomic E-state index is 12.1. The standard InChI is InChI=1S/C24H23N3O4/c1-2-30-22-11-7-6-10-19(22)16-25-27-24(29)23(28)26-20-12-14-21(15-13-20)31-17-18-8-4-3-5-9-18/h3-16H,2,17H2,1H3,(H,26,28)(H,27,29)/b25-16-. The molecule has 0 aliphatic carbocycles. The number of carbonyl (C=O) groups excluding carboxylic acids is 2. The van der Waals surface area contributed by atoms with E-state index in [0.717, 1.165) is 5.56 Å². The molecule has 3 rings (SSSR count). The number of hydrogen-bond donors (Lipinski definition) is 2. The molecule has 0 saturated carbocycles. The van der Waals surface area contributed by atoms with Crippen molar-refractivity contribution in [3.8, 4) is 11.5 Å². The average molecular weight is 417 g/mol. The SMILES string of the molecule is CCOc1ccccc1/C=N\NC(=O)C(=O)Nc1ccc(OCc2ccccc2)cc1. The van der Waals surface area contributed by atoms with E-state index in [9.17, 15) is 9.59 Å². The van der Waals surface area contributed by atoms with Gasteiger partial charge in [0.25, 0.3) is 0 Å². The summed E-state index contributed by atoms with van der Waals surface area (Å²) in [7, 11) is 0.